The molecule has 30 heavy (non-hydrogen) atoms. The zero-order chi connectivity index (χ0) is 21.5. The molecule has 0 saturated heterocycles. The van der Waals surface area contributed by atoms with Crippen LogP contribution in [0.4, 0.5) is 5.82 Å². The van der Waals surface area contributed by atoms with Crippen molar-refractivity contribution in [1.82, 2.24) is 10.2 Å². The fourth-order valence-corrected chi connectivity index (χ4v) is 3.20. The number of aryl methyl sites for hydroxylation is 2. The van der Waals surface area contributed by atoms with Gasteiger partial charge < -0.3 is 20.5 Å². The first-order chi connectivity index (χ1) is 14.5. The smallest absolute Gasteiger partial charge is 0.256 e. The number of benzene rings is 2. The van der Waals surface area contributed by atoms with Gasteiger partial charge in [-0.05, 0) is 61.6 Å². The second kappa shape index (κ2) is 9.93. The Kier molecular flexibility index (Phi) is 7.08. The van der Waals surface area contributed by atoms with Crippen LogP contribution in [-0.2, 0) is 19.3 Å². The lowest BCUT2D eigenvalue weighted by atomic mass is 10.1. The Morgan fingerprint density at radius 1 is 1.03 bits per heavy atom. The van der Waals surface area contributed by atoms with E-state index in [1.165, 1.54) is 0 Å². The van der Waals surface area contributed by atoms with Gasteiger partial charge in [-0.25, -0.2) is 0 Å². The van der Waals surface area contributed by atoms with Crippen LogP contribution in [0.3, 0.4) is 0 Å². The summed E-state index contributed by atoms with van der Waals surface area (Å²) in [7, 11) is 3.27. The summed E-state index contributed by atoms with van der Waals surface area (Å²) in [6, 6.07) is 15.2. The molecule has 0 bridgehead atoms. The normalized spacial score (nSPS) is 11.7. The predicted octanol–water partition coefficient (Wildman–Crippen LogP) is 3.35. The molecule has 0 fully saturated rings. The third-order valence-corrected chi connectivity index (χ3v) is 4.74. The van der Waals surface area contributed by atoms with Crippen LogP contribution < -0.4 is 20.5 Å². The SMILES string of the molecule is COc1cc(CCc2cc(NC(=O)c3ccc(CC(C)N)cc3)n[nH]2)cc(OC)c1. The minimum Gasteiger partial charge on any atom is -0.497 e. The van der Waals surface area contributed by atoms with E-state index >= 15 is 0 Å². The summed E-state index contributed by atoms with van der Waals surface area (Å²) in [4.78, 5) is 12.5. The molecule has 7 nitrogen and oxygen atoms in total. The fraction of sp³-hybridized carbons (Fsp3) is 0.304. The number of H-pyrrole nitrogens is 1. The van der Waals surface area contributed by atoms with Crippen molar-refractivity contribution in [2.75, 3.05) is 19.5 Å². The number of rotatable bonds is 9. The van der Waals surface area contributed by atoms with Crippen molar-refractivity contribution in [3.8, 4) is 11.5 Å². The van der Waals surface area contributed by atoms with E-state index in [0.717, 1.165) is 47.6 Å². The van der Waals surface area contributed by atoms with Crippen molar-refractivity contribution in [1.29, 1.82) is 0 Å². The summed E-state index contributed by atoms with van der Waals surface area (Å²) in [6.07, 6.45) is 2.30. The van der Waals surface area contributed by atoms with Gasteiger partial charge in [-0.1, -0.05) is 12.1 Å². The molecule has 0 aliphatic heterocycles. The molecule has 1 aromatic heterocycles. The number of carbonyl (C=O) groups excluding carboxylic acids is 1. The van der Waals surface area contributed by atoms with Crippen molar-refractivity contribution in [2.45, 2.75) is 32.2 Å². The molecular weight excluding hydrogens is 380 g/mol. The van der Waals surface area contributed by atoms with E-state index < -0.39 is 0 Å². The summed E-state index contributed by atoms with van der Waals surface area (Å²) in [5.74, 6) is 1.82. The van der Waals surface area contributed by atoms with Crippen LogP contribution >= 0.6 is 0 Å². The molecule has 1 amide bonds. The van der Waals surface area contributed by atoms with E-state index in [4.69, 9.17) is 15.2 Å². The Hall–Kier alpha value is -3.32. The molecule has 3 rings (SSSR count). The largest absolute Gasteiger partial charge is 0.497 e. The summed E-state index contributed by atoms with van der Waals surface area (Å²) < 4.78 is 10.6. The van der Waals surface area contributed by atoms with E-state index in [2.05, 4.69) is 15.5 Å². The molecule has 1 heterocycles. The van der Waals surface area contributed by atoms with Gasteiger partial charge in [-0.15, -0.1) is 0 Å². The Morgan fingerprint density at radius 2 is 1.70 bits per heavy atom. The zero-order valence-electron chi connectivity index (χ0n) is 17.6. The van der Waals surface area contributed by atoms with Gasteiger partial charge in [-0.3, -0.25) is 9.89 Å². The van der Waals surface area contributed by atoms with Crippen molar-refractivity contribution in [3.05, 3.63) is 70.9 Å². The minimum absolute atomic E-state index is 0.0882. The molecule has 0 aliphatic rings. The van der Waals surface area contributed by atoms with Gasteiger partial charge in [0.25, 0.3) is 5.91 Å². The molecule has 3 aromatic rings. The van der Waals surface area contributed by atoms with Gasteiger partial charge in [0.2, 0.25) is 0 Å². The van der Waals surface area contributed by atoms with E-state index in [1.54, 1.807) is 26.4 Å². The molecule has 0 radical (unpaired) electrons. The van der Waals surface area contributed by atoms with Gasteiger partial charge in [-0.2, -0.15) is 5.10 Å². The average molecular weight is 409 g/mol. The highest BCUT2D eigenvalue weighted by Gasteiger charge is 2.10. The number of aromatic amines is 1. The number of anilines is 1. The number of hydrogen-bond donors (Lipinski definition) is 3. The Morgan fingerprint density at radius 3 is 2.30 bits per heavy atom. The topological polar surface area (TPSA) is 102 Å². The van der Waals surface area contributed by atoms with Crippen LogP contribution in [0, 0.1) is 0 Å². The molecule has 1 unspecified atom stereocenters. The van der Waals surface area contributed by atoms with Crippen molar-refractivity contribution >= 4 is 11.7 Å². The van der Waals surface area contributed by atoms with Gasteiger partial charge in [0, 0.05) is 29.4 Å². The molecule has 2 aromatic carbocycles. The standard InChI is InChI=1S/C23H28N4O3/c1-15(24)10-16-4-7-18(8-5-16)23(28)25-22-13-19(26-27-22)9-6-17-11-20(29-2)14-21(12-17)30-3/h4-5,7-8,11-15H,6,9-10,24H2,1-3H3,(H2,25,26,27,28). The van der Waals surface area contributed by atoms with Crippen LogP contribution in [0.25, 0.3) is 0 Å². The summed E-state index contributed by atoms with van der Waals surface area (Å²) >= 11 is 0. The summed E-state index contributed by atoms with van der Waals surface area (Å²) in [5.41, 5.74) is 9.53. The number of nitrogens with one attached hydrogen (secondary N) is 2. The van der Waals surface area contributed by atoms with E-state index in [-0.39, 0.29) is 11.9 Å². The lowest BCUT2D eigenvalue weighted by Crippen LogP contribution is -2.18. The van der Waals surface area contributed by atoms with E-state index in [1.807, 2.05) is 43.3 Å². The number of nitrogens with zero attached hydrogens (tertiary/aromatic N) is 1. The maximum absolute atomic E-state index is 12.5. The maximum atomic E-state index is 12.5. The maximum Gasteiger partial charge on any atom is 0.256 e. The molecule has 7 heteroatoms. The van der Waals surface area contributed by atoms with Gasteiger partial charge in [0.15, 0.2) is 5.82 Å². The summed E-state index contributed by atoms with van der Waals surface area (Å²) in [6.45, 7) is 1.96. The van der Waals surface area contributed by atoms with Gasteiger partial charge >= 0.3 is 0 Å². The lowest BCUT2D eigenvalue weighted by molar-refractivity contribution is 0.102. The molecule has 0 aliphatic carbocycles. The number of methoxy groups -OCH3 is 2. The first-order valence-corrected chi connectivity index (χ1v) is 9.89. The number of aromatic nitrogens is 2. The fourth-order valence-electron chi connectivity index (χ4n) is 3.20. The van der Waals surface area contributed by atoms with E-state index in [0.29, 0.717) is 11.4 Å². The van der Waals surface area contributed by atoms with Crippen molar-refractivity contribution in [3.63, 3.8) is 0 Å². The van der Waals surface area contributed by atoms with Crippen LogP contribution in [0.5, 0.6) is 11.5 Å². The van der Waals surface area contributed by atoms with Crippen LogP contribution in [0.2, 0.25) is 0 Å². The zero-order valence-corrected chi connectivity index (χ0v) is 17.6. The lowest BCUT2D eigenvalue weighted by Gasteiger charge is -2.08. The van der Waals surface area contributed by atoms with Crippen LogP contribution in [-0.4, -0.2) is 36.4 Å². The van der Waals surface area contributed by atoms with Crippen LogP contribution in [0.1, 0.15) is 34.1 Å². The van der Waals surface area contributed by atoms with Gasteiger partial charge in [0.05, 0.1) is 14.2 Å². The Balaban J connectivity index is 1.58. The highest BCUT2D eigenvalue weighted by Crippen LogP contribution is 2.23. The molecule has 0 spiro atoms. The molecule has 0 saturated carbocycles. The Labute approximate surface area is 176 Å². The highest BCUT2D eigenvalue weighted by molar-refractivity contribution is 6.03. The third-order valence-electron chi connectivity index (χ3n) is 4.74. The van der Waals surface area contributed by atoms with Gasteiger partial charge in [0.1, 0.15) is 11.5 Å². The number of amides is 1. The third kappa shape index (κ3) is 5.84. The molecule has 158 valence electrons. The predicted molar refractivity (Wildman–Crippen MR) is 117 cm³/mol. The molecule has 1 atom stereocenters. The second-order valence-electron chi connectivity index (χ2n) is 7.33. The highest BCUT2D eigenvalue weighted by atomic mass is 16.5. The number of carbonyl (C=O) groups is 1. The van der Waals surface area contributed by atoms with Crippen molar-refractivity contribution < 1.29 is 14.3 Å². The Bertz CT molecular complexity index is 958. The first kappa shape index (κ1) is 21.4. The summed E-state index contributed by atoms with van der Waals surface area (Å²) in [5, 5.41) is 10.0. The van der Waals surface area contributed by atoms with Crippen LogP contribution in [0.15, 0.2) is 48.5 Å². The first-order valence-electron chi connectivity index (χ1n) is 9.89. The van der Waals surface area contributed by atoms with Crippen molar-refractivity contribution in [2.24, 2.45) is 5.73 Å². The number of nitrogens with two attached hydrogens (primary N) is 1. The average Bonchev–Trinajstić information content (AvgIpc) is 3.19. The second-order valence-corrected chi connectivity index (χ2v) is 7.33. The van der Waals surface area contributed by atoms with E-state index in [9.17, 15) is 4.79 Å². The number of hydrogen-bond acceptors (Lipinski definition) is 5. The molecular formula is C23H28N4O3. The monoisotopic (exact) mass is 408 g/mol. The minimum atomic E-state index is -0.196. The molecule has 4 N–H and O–H groups in total. The number of ether oxygens (including phenoxy) is 2. The quantitative estimate of drug-likeness (QED) is 0.504.